The molecule has 20 heavy (non-hydrogen) atoms. The number of urea groups is 1. The number of carbonyl (C=O) groups excluding carboxylic acids is 1. The maximum atomic E-state index is 12.0. The van der Waals surface area contributed by atoms with Gasteiger partial charge in [0.15, 0.2) is 0 Å². The summed E-state index contributed by atoms with van der Waals surface area (Å²) in [6.45, 7) is 5.95. The van der Waals surface area contributed by atoms with Crippen LogP contribution in [0.5, 0.6) is 0 Å². The molecule has 1 atom stereocenters. The lowest BCUT2D eigenvalue weighted by atomic mass is 10.1. The molecule has 0 saturated heterocycles. The predicted molar refractivity (Wildman–Crippen MR) is 85.8 cm³/mol. The van der Waals surface area contributed by atoms with Gasteiger partial charge in [-0.3, -0.25) is 0 Å². The molecule has 106 valence electrons. The maximum absolute atomic E-state index is 12.0. The number of hydrogen-bond acceptors (Lipinski definition) is 2. The molecule has 0 aliphatic heterocycles. The van der Waals surface area contributed by atoms with Gasteiger partial charge in [-0.15, -0.1) is 11.3 Å². The van der Waals surface area contributed by atoms with Gasteiger partial charge in [-0.2, -0.15) is 0 Å². The first-order valence-electron chi connectivity index (χ1n) is 6.35. The number of aryl methyl sites for hydroxylation is 2. The molecule has 0 unspecified atom stereocenters. The largest absolute Gasteiger partial charge is 0.331 e. The first kappa shape index (κ1) is 14.9. The highest BCUT2D eigenvalue weighted by Crippen LogP contribution is 2.26. The fourth-order valence-corrected chi connectivity index (χ4v) is 3.11. The number of thiophene rings is 1. The minimum atomic E-state index is -0.216. The zero-order valence-corrected chi connectivity index (χ0v) is 13.2. The van der Waals surface area contributed by atoms with E-state index in [1.807, 2.05) is 45.0 Å². The van der Waals surface area contributed by atoms with Gasteiger partial charge in [-0.05, 0) is 56.2 Å². The summed E-state index contributed by atoms with van der Waals surface area (Å²) in [4.78, 5) is 13.0. The van der Waals surface area contributed by atoms with E-state index in [0.717, 1.165) is 26.0 Å². The predicted octanol–water partition coefficient (Wildman–Crippen LogP) is 4.90. The van der Waals surface area contributed by atoms with Crippen LogP contribution in [0.2, 0.25) is 4.34 Å². The van der Waals surface area contributed by atoms with E-state index in [9.17, 15) is 4.79 Å². The van der Waals surface area contributed by atoms with Crippen molar-refractivity contribution in [1.29, 1.82) is 0 Å². The second kappa shape index (κ2) is 6.29. The Kier molecular flexibility index (Phi) is 4.68. The molecule has 1 aromatic carbocycles. The Bertz CT molecular complexity index is 604. The molecule has 0 radical (unpaired) electrons. The molecule has 1 aromatic heterocycles. The fourth-order valence-electron chi connectivity index (χ4n) is 2.04. The highest BCUT2D eigenvalue weighted by Gasteiger charge is 2.11. The van der Waals surface area contributed by atoms with E-state index in [1.54, 1.807) is 0 Å². The van der Waals surface area contributed by atoms with E-state index in [0.29, 0.717) is 0 Å². The lowest BCUT2D eigenvalue weighted by Gasteiger charge is -2.14. The molecular weight excluding hydrogens is 292 g/mol. The van der Waals surface area contributed by atoms with Crippen molar-refractivity contribution in [2.45, 2.75) is 26.8 Å². The van der Waals surface area contributed by atoms with Gasteiger partial charge < -0.3 is 10.6 Å². The molecule has 0 fully saturated rings. The summed E-state index contributed by atoms with van der Waals surface area (Å²) in [6, 6.07) is 9.43. The normalized spacial score (nSPS) is 12.0. The van der Waals surface area contributed by atoms with Gasteiger partial charge in [0, 0.05) is 10.6 Å². The number of carbonyl (C=O) groups is 1. The van der Waals surface area contributed by atoms with Crippen LogP contribution in [0, 0.1) is 13.8 Å². The summed E-state index contributed by atoms with van der Waals surface area (Å²) in [5.41, 5.74) is 3.05. The molecule has 0 bridgehead atoms. The highest BCUT2D eigenvalue weighted by molar-refractivity contribution is 7.16. The minimum absolute atomic E-state index is 0.0709. The summed E-state index contributed by atoms with van der Waals surface area (Å²) < 4.78 is 0.725. The SMILES string of the molecule is Cc1cc(C)cc(NC(=O)N[C@@H](C)c2ccc(Cl)s2)c1. The van der Waals surface area contributed by atoms with Gasteiger partial charge in [0.25, 0.3) is 0 Å². The molecule has 0 spiro atoms. The van der Waals surface area contributed by atoms with E-state index in [2.05, 4.69) is 16.7 Å². The van der Waals surface area contributed by atoms with Crippen molar-refractivity contribution in [3.63, 3.8) is 0 Å². The maximum Gasteiger partial charge on any atom is 0.319 e. The monoisotopic (exact) mass is 308 g/mol. The van der Waals surface area contributed by atoms with E-state index in [-0.39, 0.29) is 12.1 Å². The van der Waals surface area contributed by atoms with Crippen molar-refractivity contribution in [1.82, 2.24) is 5.32 Å². The number of rotatable bonds is 3. The second-order valence-corrected chi connectivity index (χ2v) is 6.59. The third-order valence-electron chi connectivity index (χ3n) is 2.85. The summed E-state index contributed by atoms with van der Waals surface area (Å²) in [6.07, 6.45) is 0. The average Bonchev–Trinajstić information content (AvgIpc) is 2.74. The van der Waals surface area contributed by atoms with Crippen LogP contribution in [-0.2, 0) is 0 Å². The molecule has 2 amide bonds. The molecule has 0 aliphatic carbocycles. The number of benzene rings is 1. The van der Waals surface area contributed by atoms with Crippen molar-refractivity contribution in [3.8, 4) is 0 Å². The van der Waals surface area contributed by atoms with Gasteiger partial charge >= 0.3 is 6.03 Å². The molecule has 3 nitrogen and oxygen atoms in total. The van der Waals surface area contributed by atoms with E-state index in [4.69, 9.17) is 11.6 Å². The Morgan fingerprint density at radius 2 is 1.85 bits per heavy atom. The Labute approximate surface area is 128 Å². The van der Waals surface area contributed by atoms with Gasteiger partial charge in [-0.25, -0.2) is 4.79 Å². The molecule has 2 rings (SSSR count). The molecule has 2 N–H and O–H groups in total. The van der Waals surface area contributed by atoms with Crippen LogP contribution in [0.1, 0.15) is 29.0 Å². The first-order chi connectivity index (χ1) is 9.44. The number of amides is 2. The van der Waals surface area contributed by atoms with Crippen LogP contribution < -0.4 is 10.6 Å². The van der Waals surface area contributed by atoms with Crippen LogP contribution >= 0.6 is 22.9 Å². The van der Waals surface area contributed by atoms with E-state index < -0.39 is 0 Å². The molecule has 2 aromatic rings. The van der Waals surface area contributed by atoms with Crippen molar-refractivity contribution in [2.24, 2.45) is 0 Å². The van der Waals surface area contributed by atoms with Crippen LogP contribution in [0.15, 0.2) is 30.3 Å². The topological polar surface area (TPSA) is 41.1 Å². The quantitative estimate of drug-likeness (QED) is 0.832. The highest BCUT2D eigenvalue weighted by atomic mass is 35.5. The van der Waals surface area contributed by atoms with Crippen LogP contribution in [-0.4, -0.2) is 6.03 Å². The third-order valence-corrected chi connectivity index (χ3v) is 4.26. The lowest BCUT2D eigenvalue weighted by Crippen LogP contribution is -2.30. The summed E-state index contributed by atoms with van der Waals surface area (Å²) in [5, 5.41) is 5.75. The second-order valence-electron chi connectivity index (χ2n) is 4.84. The molecule has 0 saturated carbocycles. The fraction of sp³-hybridized carbons (Fsp3) is 0.267. The Hall–Kier alpha value is -1.52. The third kappa shape index (κ3) is 3.99. The summed E-state index contributed by atoms with van der Waals surface area (Å²) in [5.74, 6) is 0. The van der Waals surface area contributed by atoms with Gasteiger partial charge in [-0.1, -0.05) is 17.7 Å². The zero-order valence-electron chi connectivity index (χ0n) is 11.7. The number of hydrogen-bond donors (Lipinski definition) is 2. The molecule has 0 aliphatic rings. The van der Waals surface area contributed by atoms with E-state index >= 15 is 0 Å². The minimum Gasteiger partial charge on any atom is -0.331 e. The van der Waals surface area contributed by atoms with Crippen LogP contribution in [0.25, 0.3) is 0 Å². The molecule has 1 heterocycles. The van der Waals surface area contributed by atoms with Crippen molar-refractivity contribution in [3.05, 3.63) is 50.7 Å². The van der Waals surface area contributed by atoms with Gasteiger partial charge in [0.05, 0.1) is 10.4 Å². The number of nitrogens with one attached hydrogen (secondary N) is 2. The zero-order chi connectivity index (χ0) is 14.7. The van der Waals surface area contributed by atoms with Gasteiger partial charge in [0.2, 0.25) is 0 Å². The van der Waals surface area contributed by atoms with Crippen molar-refractivity contribution < 1.29 is 4.79 Å². The molecule has 5 heteroatoms. The smallest absolute Gasteiger partial charge is 0.319 e. The van der Waals surface area contributed by atoms with Crippen LogP contribution in [0.3, 0.4) is 0 Å². The Morgan fingerprint density at radius 1 is 1.20 bits per heavy atom. The van der Waals surface area contributed by atoms with E-state index in [1.165, 1.54) is 11.3 Å². The molecular formula is C15H17ClN2OS. The van der Waals surface area contributed by atoms with Crippen molar-refractivity contribution >= 4 is 34.7 Å². The average molecular weight is 309 g/mol. The standard InChI is InChI=1S/C15H17ClN2OS/c1-9-6-10(2)8-12(7-9)18-15(19)17-11(3)13-4-5-14(16)20-13/h4-8,11H,1-3H3,(H2,17,18,19)/t11-/m0/s1. The van der Waals surface area contributed by atoms with Gasteiger partial charge in [0.1, 0.15) is 0 Å². The Balaban J connectivity index is 1.98. The number of anilines is 1. The first-order valence-corrected chi connectivity index (χ1v) is 7.54. The Morgan fingerprint density at radius 3 is 2.40 bits per heavy atom. The lowest BCUT2D eigenvalue weighted by molar-refractivity contribution is 0.249. The van der Waals surface area contributed by atoms with Crippen LogP contribution in [0.4, 0.5) is 10.5 Å². The number of halogens is 1. The summed E-state index contributed by atoms with van der Waals surface area (Å²) >= 11 is 7.37. The summed E-state index contributed by atoms with van der Waals surface area (Å²) in [7, 11) is 0. The van der Waals surface area contributed by atoms with Crippen molar-refractivity contribution in [2.75, 3.05) is 5.32 Å².